The molecule has 7 nitrogen and oxygen atoms in total. The molecule has 3 aliphatic carbocycles. The van der Waals surface area contributed by atoms with Crippen LogP contribution in [0.2, 0.25) is 0 Å². The number of fused-ring (bicyclic) bond motifs is 2. The normalized spacial score (nSPS) is 23.1. The van der Waals surface area contributed by atoms with Crippen LogP contribution in [-0.2, 0) is 9.84 Å². The Labute approximate surface area is 194 Å². The van der Waals surface area contributed by atoms with E-state index in [0.717, 1.165) is 48.5 Å². The zero-order valence-electron chi connectivity index (χ0n) is 18.0. The summed E-state index contributed by atoms with van der Waals surface area (Å²) in [5.41, 5.74) is 3.85. The highest BCUT2D eigenvalue weighted by Crippen LogP contribution is 2.52. The first-order valence-corrected chi connectivity index (χ1v) is 12.7. The number of halogens is 1. The average Bonchev–Trinajstić information content (AvgIpc) is 2.79. The molecule has 1 aliphatic heterocycles. The van der Waals surface area contributed by atoms with Crippen molar-refractivity contribution in [2.24, 2.45) is 0 Å². The number of sulfone groups is 1. The largest absolute Gasteiger partial charge is 0.497 e. The van der Waals surface area contributed by atoms with Crippen LogP contribution in [0.5, 0.6) is 5.75 Å². The van der Waals surface area contributed by atoms with Gasteiger partial charge in [-0.05, 0) is 55.2 Å². The van der Waals surface area contributed by atoms with Gasteiger partial charge in [0.25, 0.3) is 5.91 Å². The SMILES string of the molecule is COc1cccc(Nc2ncc(C(=O)N3CCS(=O)(=O)CC3)c3c2C2CCC3CC2)c1.Cl. The summed E-state index contributed by atoms with van der Waals surface area (Å²) in [6.07, 6.45) is 6.11. The molecule has 1 N–H and O–H groups in total. The van der Waals surface area contributed by atoms with Gasteiger partial charge in [0.2, 0.25) is 0 Å². The lowest BCUT2D eigenvalue weighted by Gasteiger charge is -2.40. The first-order chi connectivity index (χ1) is 14.9. The van der Waals surface area contributed by atoms with E-state index in [1.807, 2.05) is 24.3 Å². The number of anilines is 2. The third kappa shape index (κ3) is 4.18. The highest BCUT2D eigenvalue weighted by Gasteiger charge is 2.39. The molecule has 2 aromatic rings. The third-order valence-corrected chi connectivity index (χ3v) is 8.51. The van der Waals surface area contributed by atoms with Crippen LogP contribution < -0.4 is 10.1 Å². The van der Waals surface area contributed by atoms with Crippen molar-refractivity contribution in [3.8, 4) is 5.75 Å². The van der Waals surface area contributed by atoms with Crippen molar-refractivity contribution < 1.29 is 17.9 Å². The summed E-state index contributed by atoms with van der Waals surface area (Å²) >= 11 is 0. The maximum atomic E-state index is 13.4. The van der Waals surface area contributed by atoms with Gasteiger partial charge in [-0.1, -0.05) is 6.07 Å². The molecule has 2 heterocycles. The number of benzene rings is 1. The number of amides is 1. The second-order valence-corrected chi connectivity index (χ2v) is 11.0. The first kappa shape index (κ1) is 22.9. The molecule has 4 aliphatic rings. The molecular weight excluding hydrogens is 450 g/mol. The number of nitrogens with one attached hydrogen (secondary N) is 1. The maximum absolute atomic E-state index is 13.4. The summed E-state index contributed by atoms with van der Waals surface area (Å²) in [6, 6.07) is 7.74. The molecule has 32 heavy (non-hydrogen) atoms. The second-order valence-electron chi connectivity index (χ2n) is 8.70. The summed E-state index contributed by atoms with van der Waals surface area (Å²) < 4.78 is 28.9. The van der Waals surface area contributed by atoms with E-state index in [0.29, 0.717) is 17.4 Å². The molecule has 6 rings (SSSR count). The van der Waals surface area contributed by atoms with Gasteiger partial charge in [-0.3, -0.25) is 4.79 Å². The van der Waals surface area contributed by atoms with E-state index in [-0.39, 0.29) is 42.9 Å². The van der Waals surface area contributed by atoms with Crippen molar-refractivity contribution in [2.75, 3.05) is 37.0 Å². The molecular formula is C23H28ClN3O4S. The van der Waals surface area contributed by atoms with E-state index in [4.69, 9.17) is 4.74 Å². The van der Waals surface area contributed by atoms with Gasteiger partial charge >= 0.3 is 0 Å². The van der Waals surface area contributed by atoms with E-state index in [1.165, 1.54) is 5.56 Å². The number of aromatic nitrogens is 1. The Morgan fingerprint density at radius 1 is 1.09 bits per heavy atom. The molecule has 1 aromatic carbocycles. The molecule has 2 fully saturated rings. The molecule has 0 radical (unpaired) electrons. The van der Waals surface area contributed by atoms with Gasteiger partial charge in [-0.2, -0.15) is 0 Å². The topological polar surface area (TPSA) is 88.6 Å². The summed E-state index contributed by atoms with van der Waals surface area (Å²) in [4.78, 5) is 19.7. The Hall–Kier alpha value is -2.32. The first-order valence-electron chi connectivity index (χ1n) is 10.9. The van der Waals surface area contributed by atoms with Crippen LogP contribution >= 0.6 is 12.4 Å². The number of hydrogen-bond acceptors (Lipinski definition) is 6. The van der Waals surface area contributed by atoms with E-state index >= 15 is 0 Å². The van der Waals surface area contributed by atoms with Gasteiger partial charge < -0.3 is 15.0 Å². The number of nitrogens with zero attached hydrogens (tertiary/aromatic N) is 2. The summed E-state index contributed by atoms with van der Waals surface area (Å²) in [7, 11) is -1.39. The standard InChI is InChI=1S/C23H27N3O4S.ClH/c1-30-18-4-2-3-17(13-18)25-22-21-16-7-5-15(6-8-16)20(21)19(14-24-22)23(27)26-9-11-31(28,29)12-10-26;/h2-4,13-16H,5-12H2,1H3,(H,24,25);1H. The van der Waals surface area contributed by atoms with Gasteiger partial charge in [0.05, 0.1) is 24.2 Å². The number of carbonyl (C=O) groups is 1. The fraction of sp³-hybridized carbons (Fsp3) is 0.478. The Morgan fingerprint density at radius 2 is 1.75 bits per heavy atom. The number of ether oxygens (including phenoxy) is 1. The lowest BCUT2D eigenvalue weighted by Crippen LogP contribution is -2.44. The Morgan fingerprint density at radius 3 is 2.41 bits per heavy atom. The van der Waals surface area contributed by atoms with E-state index in [9.17, 15) is 13.2 Å². The van der Waals surface area contributed by atoms with E-state index < -0.39 is 9.84 Å². The molecule has 0 unspecified atom stereocenters. The zero-order chi connectivity index (χ0) is 21.6. The molecule has 0 spiro atoms. The molecule has 1 aromatic heterocycles. The minimum absolute atomic E-state index is 0. The Bertz CT molecular complexity index is 1120. The quantitative estimate of drug-likeness (QED) is 0.718. The number of hydrogen-bond donors (Lipinski definition) is 1. The van der Waals surface area contributed by atoms with E-state index in [1.54, 1.807) is 18.2 Å². The van der Waals surface area contributed by atoms with Crippen LogP contribution in [0.4, 0.5) is 11.5 Å². The van der Waals surface area contributed by atoms with Crippen molar-refractivity contribution in [3.63, 3.8) is 0 Å². The number of pyridine rings is 1. The van der Waals surface area contributed by atoms with Crippen LogP contribution in [0.15, 0.2) is 30.5 Å². The predicted octanol–water partition coefficient (Wildman–Crippen LogP) is 3.88. The van der Waals surface area contributed by atoms with Gasteiger partial charge in [-0.15, -0.1) is 12.4 Å². The minimum atomic E-state index is -3.03. The predicted molar refractivity (Wildman–Crippen MR) is 126 cm³/mol. The van der Waals surface area contributed by atoms with Crippen molar-refractivity contribution in [1.82, 2.24) is 9.88 Å². The fourth-order valence-electron chi connectivity index (χ4n) is 5.26. The van der Waals surface area contributed by atoms with Crippen LogP contribution in [0.25, 0.3) is 0 Å². The lowest BCUT2D eigenvalue weighted by molar-refractivity contribution is 0.0767. The summed E-state index contributed by atoms with van der Waals surface area (Å²) in [5.74, 6) is 2.34. The number of methoxy groups -OCH3 is 1. The second kappa shape index (κ2) is 8.90. The zero-order valence-corrected chi connectivity index (χ0v) is 19.7. The molecule has 2 bridgehead atoms. The molecule has 1 amide bonds. The average molecular weight is 478 g/mol. The summed E-state index contributed by atoms with van der Waals surface area (Å²) in [6.45, 7) is 0.516. The van der Waals surface area contributed by atoms with Crippen LogP contribution in [-0.4, -0.2) is 55.9 Å². The molecule has 1 saturated carbocycles. The Balaban J connectivity index is 0.00000245. The van der Waals surface area contributed by atoms with Crippen LogP contribution in [0.1, 0.15) is 59.0 Å². The van der Waals surface area contributed by atoms with Crippen molar-refractivity contribution in [3.05, 3.63) is 47.2 Å². The van der Waals surface area contributed by atoms with Crippen molar-refractivity contribution >= 4 is 39.7 Å². The van der Waals surface area contributed by atoms with Gasteiger partial charge in [0.15, 0.2) is 9.84 Å². The van der Waals surface area contributed by atoms with Crippen molar-refractivity contribution in [2.45, 2.75) is 37.5 Å². The summed E-state index contributed by atoms with van der Waals surface area (Å²) in [5, 5.41) is 3.45. The number of carbonyl (C=O) groups excluding carboxylic acids is 1. The third-order valence-electron chi connectivity index (χ3n) is 6.90. The highest BCUT2D eigenvalue weighted by molar-refractivity contribution is 7.91. The molecule has 172 valence electrons. The molecule has 0 atom stereocenters. The van der Waals surface area contributed by atoms with E-state index in [2.05, 4.69) is 10.3 Å². The smallest absolute Gasteiger partial charge is 0.255 e. The molecule has 1 saturated heterocycles. The fourth-order valence-corrected chi connectivity index (χ4v) is 6.46. The molecule has 9 heteroatoms. The maximum Gasteiger partial charge on any atom is 0.255 e. The van der Waals surface area contributed by atoms with Crippen molar-refractivity contribution in [1.29, 1.82) is 0 Å². The monoisotopic (exact) mass is 477 g/mol. The number of rotatable bonds is 4. The lowest BCUT2D eigenvalue weighted by atomic mass is 9.66. The van der Waals surface area contributed by atoms with Crippen LogP contribution in [0, 0.1) is 0 Å². The van der Waals surface area contributed by atoms with Gasteiger partial charge in [0.1, 0.15) is 11.6 Å². The minimum Gasteiger partial charge on any atom is -0.497 e. The highest BCUT2D eigenvalue weighted by atomic mass is 35.5. The van der Waals surface area contributed by atoms with Gasteiger partial charge in [0, 0.05) is 36.6 Å². The van der Waals surface area contributed by atoms with Crippen LogP contribution in [0.3, 0.4) is 0 Å². The van der Waals surface area contributed by atoms with Gasteiger partial charge in [-0.25, -0.2) is 13.4 Å². The Kier molecular flexibility index (Phi) is 6.36.